The lowest BCUT2D eigenvalue weighted by Gasteiger charge is -2.47. The van der Waals surface area contributed by atoms with Crippen molar-refractivity contribution in [1.29, 1.82) is 0 Å². The van der Waals surface area contributed by atoms with Crippen LogP contribution in [0.15, 0.2) is 47.3 Å². The summed E-state index contributed by atoms with van der Waals surface area (Å²) >= 11 is 0. The highest BCUT2D eigenvalue weighted by molar-refractivity contribution is 5.89. The number of amides is 2. The lowest BCUT2D eigenvalue weighted by molar-refractivity contribution is -0.122. The summed E-state index contributed by atoms with van der Waals surface area (Å²) in [6.45, 7) is 5.37. The van der Waals surface area contributed by atoms with Crippen LogP contribution in [0.25, 0.3) is 0 Å². The second kappa shape index (κ2) is 10.4. The Morgan fingerprint density at radius 3 is 2.56 bits per heavy atom. The van der Waals surface area contributed by atoms with E-state index < -0.39 is 0 Å². The number of carboxylic acid groups (broad SMARTS) is 1. The lowest BCUT2D eigenvalue weighted by atomic mass is 9.76. The van der Waals surface area contributed by atoms with Gasteiger partial charge in [-0.05, 0) is 61.4 Å². The fraction of sp³-hybridized carbons (Fsp3) is 0.458. The lowest BCUT2D eigenvalue weighted by Crippen LogP contribution is -2.52. The monoisotopic (exact) mass is 443 g/mol. The van der Waals surface area contributed by atoms with Crippen LogP contribution in [0.3, 0.4) is 0 Å². The molecule has 8 heteroatoms. The van der Waals surface area contributed by atoms with Gasteiger partial charge in [0.25, 0.3) is 12.0 Å². The summed E-state index contributed by atoms with van der Waals surface area (Å²) in [5.41, 5.74) is 1.69. The minimum Gasteiger partial charge on any atom is -0.483 e. The van der Waals surface area contributed by atoms with Crippen LogP contribution in [0.5, 0.6) is 0 Å². The third-order valence-electron chi connectivity index (χ3n) is 6.22. The molecule has 1 saturated heterocycles. The van der Waals surface area contributed by atoms with E-state index in [0.717, 1.165) is 25.0 Å². The largest absolute Gasteiger partial charge is 0.483 e. The molecule has 3 heterocycles. The smallest absolute Gasteiger partial charge is 0.321 e. The van der Waals surface area contributed by atoms with Crippen LogP contribution in [-0.4, -0.2) is 40.2 Å². The Balaban J connectivity index is 0.000000913. The molecule has 1 fully saturated rings. The Kier molecular flexibility index (Phi) is 7.66. The summed E-state index contributed by atoms with van der Waals surface area (Å²) in [7, 11) is 0. The predicted octanol–water partition coefficient (Wildman–Crippen LogP) is 4.32. The SMILES string of the molecule is CC(C)CC[C@H]1[C@H]2C[C@H](CN(C(=O)Nc3ccc(F)cc3)C2)c2cccc(=O)n21.O=CO. The zero-order valence-electron chi connectivity index (χ0n) is 18.4. The van der Waals surface area contributed by atoms with Gasteiger partial charge in [0.05, 0.1) is 0 Å². The second-order valence-corrected chi connectivity index (χ2v) is 8.84. The van der Waals surface area contributed by atoms with Crippen LogP contribution >= 0.6 is 0 Å². The molecule has 0 radical (unpaired) electrons. The number of hydrogen-bond donors (Lipinski definition) is 2. The molecule has 2 aliphatic rings. The van der Waals surface area contributed by atoms with Crippen molar-refractivity contribution in [1.82, 2.24) is 9.47 Å². The standard InChI is InChI=1S/C23H28FN3O2.CH2O2/c1-15(2)6-11-21-17-12-16(20-4-3-5-22(28)27(20)21)13-26(14-17)23(29)25-19-9-7-18(24)8-10-19;2-1-3/h3-5,7-10,15-17,21H,6,11-14H2,1-2H3,(H,25,29);1H,(H,2,3)/t16-,17+,21+;/m1./s1. The Bertz CT molecular complexity index is 989. The molecule has 1 aromatic carbocycles. The second-order valence-electron chi connectivity index (χ2n) is 8.84. The molecule has 0 spiro atoms. The summed E-state index contributed by atoms with van der Waals surface area (Å²) in [4.78, 5) is 35.8. The zero-order chi connectivity index (χ0) is 23.3. The number of carbonyl (C=O) groups is 2. The number of pyridine rings is 1. The van der Waals surface area contributed by atoms with Gasteiger partial charge in [-0.1, -0.05) is 19.9 Å². The van der Waals surface area contributed by atoms with E-state index in [4.69, 9.17) is 9.90 Å². The highest BCUT2D eigenvalue weighted by atomic mass is 19.1. The average molecular weight is 444 g/mol. The first-order valence-electron chi connectivity index (χ1n) is 10.9. The van der Waals surface area contributed by atoms with Gasteiger partial charge < -0.3 is 19.9 Å². The van der Waals surface area contributed by atoms with Crippen LogP contribution < -0.4 is 10.9 Å². The summed E-state index contributed by atoms with van der Waals surface area (Å²) in [5, 5.41) is 9.77. The summed E-state index contributed by atoms with van der Waals surface area (Å²) in [6.07, 6.45) is 3.00. The maximum Gasteiger partial charge on any atom is 0.321 e. The van der Waals surface area contributed by atoms with Gasteiger partial charge in [-0.3, -0.25) is 9.59 Å². The molecule has 3 atom stereocenters. The molecular weight excluding hydrogens is 413 g/mol. The number of aromatic nitrogens is 1. The van der Waals surface area contributed by atoms with E-state index in [-0.39, 0.29) is 41.8 Å². The van der Waals surface area contributed by atoms with Crippen LogP contribution in [0.2, 0.25) is 0 Å². The molecule has 0 saturated carbocycles. The molecule has 2 amide bonds. The number of urea groups is 1. The fourth-order valence-corrected chi connectivity index (χ4v) is 4.82. The number of nitrogens with zero attached hydrogens (tertiary/aromatic N) is 2. The number of piperidine rings is 1. The topological polar surface area (TPSA) is 91.6 Å². The van der Waals surface area contributed by atoms with Crippen LogP contribution in [0.4, 0.5) is 14.9 Å². The number of likely N-dealkylation sites (tertiary alicyclic amines) is 1. The van der Waals surface area contributed by atoms with Crippen molar-refractivity contribution in [3.8, 4) is 0 Å². The molecule has 2 N–H and O–H groups in total. The van der Waals surface area contributed by atoms with Crippen LogP contribution in [-0.2, 0) is 4.79 Å². The van der Waals surface area contributed by atoms with Crippen molar-refractivity contribution in [3.63, 3.8) is 0 Å². The highest BCUT2D eigenvalue weighted by Crippen LogP contribution is 2.43. The van der Waals surface area contributed by atoms with Gasteiger partial charge in [-0.2, -0.15) is 0 Å². The van der Waals surface area contributed by atoms with Gasteiger partial charge in [0.2, 0.25) is 0 Å². The van der Waals surface area contributed by atoms with Crippen molar-refractivity contribution in [2.24, 2.45) is 11.8 Å². The van der Waals surface area contributed by atoms with Gasteiger partial charge in [0.1, 0.15) is 5.82 Å². The van der Waals surface area contributed by atoms with Gasteiger partial charge in [0.15, 0.2) is 0 Å². The van der Waals surface area contributed by atoms with Gasteiger partial charge >= 0.3 is 6.03 Å². The first-order valence-corrected chi connectivity index (χ1v) is 10.9. The molecule has 1 aromatic heterocycles. The van der Waals surface area contributed by atoms with E-state index in [9.17, 15) is 14.0 Å². The van der Waals surface area contributed by atoms with Crippen molar-refractivity contribution < 1.29 is 19.1 Å². The van der Waals surface area contributed by atoms with E-state index in [1.165, 1.54) is 12.1 Å². The maximum atomic E-state index is 13.1. The molecule has 4 rings (SSSR count). The Morgan fingerprint density at radius 2 is 1.91 bits per heavy atom. The average Bonchev–Trinajstić information content (AvgIpc) is 2.76. The van der Waals surface area contributed by atoms with Crippen molar-refractivity contribution in [2.45, 2.75) is 45.1 Å². The van der Waals surface area contributed by atoms with Gasteiger partial charge in [0, 0.05) is 42.5 Å². The molecule has 0 aliphatic carbocycles. The van der Waals surface area contributed by atoms with E-state index in [0.29, 0.717) is 24.7 Å². The van der Waals surface area contributed by atoms with Crippen LogP contribution in [0, 0.1) is 17.7 Å². The molecule has 172 valence electrons. The number of hydrogen-bond acceptors (Lipinski definition) is 3. The predicted molar refractivity (Wildman–Crippen MR) is 120 cm³/mol. The minimum atomic E-state index is -0.328. The maximum absolute atomic E-state index is 13.1. The molecule has 32 heavy (non-hydrogen) atoms. The number of anilines is 1. The first-order chi connectivity index (χ1) is 15.3. The minimum absolute atomic E-state index is 0.0650. The molecule has 0 unspecified atom stereocenters. The summed E-state index contributed by atoms with van der Waals surface area (Å²) < 4.78 is 15.1. The van der Waals surface area contributed by atoms with Crippen molar-refractivity contribution in [3.05, 3.63) is 64.3 Å². The third-order valence-corrected chi connectivity index (χ3v) is 6.22. The number of fused-ring (bicyclic) bond motifs is 4. The van der Waals surface area contributed by atoms with Gasteiger partial charge in [-0.25, -0.2) is 9.18 Å². The van der Waals surface area contributed by atoms with E-state index in [1.807, 2.05) is 21.6 Å². The van der Waals surface area contributed by atoms with E-state index >= 15 is 0 Å². The Hall–Kier alpha value is -3.16. The number of benzene rings is 1. The number of rotatable bonds is 4. The van der Waals surface area contributed by atoms with Crippen molar-refractivity contribution >= 4 is 18.2 Å². The summed E-state index contributed by atoms with van der Waals surface area (Å²) in [6, 6.07) is 11.3. The first kappa shape index (κ1) is 23.5. The molecule has 7 nitrogen and oxygen atoms in total. The molecule has 2 aliphatic heterocycles. The molecule has 2 aromatic rings. The third kappa shape index (κ3) is 5.36. The fourth-order valence-electron chi connectivity index (χ4n) is 4.82. The Labute approximate surface area is 186 Å². The molecular formula is C24H30FN3O4. The Morgan fingerprint density at radius 1 is 1.22 bits per heavy atom. The number of carbonyl (C=O) groups excluding carboxylic acids is 1. The number of halogens is 1. The molecule has 2 bridgehead atoms. The normalized spacial score (nSPS) is 21.2. The zero-order valence-corrected chi connectivity index (χ0v) is 18.4. The van der Waals surface area contributed by atoms with E-state index in [2.05, 4.69) is 19.2 Å². The summed E-state index contributed by atoms with van der Waals surface area (Å²) in [5.74, 6) is 0.665. The highest BCUT2D eigenvalue weighted by Gasteiger charge is 2.41. The number of nitrogens with one attached hydrogen (secondary N) is 1. The van der Waals surface area contributed by atoms with Gasteiger partial charge in [-0.15, -0.1) is 0 Å². The van der Waals surface area contributed by atoms with E-state index in [1.54, 1.807) is 18.2 Å². The van der Waals surface area contributed by atoms with Crippen LogP contribution in [0.1, 0.15) is 50.8 Å². The van der Waals surface area contributed by atoms with Crippen molar-refractivity contribution in [2.75, 3.05) is 18.4 Å². The quantitative estimate of drug-likeness (QED) is 0.689.